The van der Waals surface area contributed by atoms with Crippen LogP contribution in [0.2, 0.25) is 0 Å². The summed E-state index contributed by atoms with van der Waals surface area (Å²) in [5.41, 5.74) is 0.514. The van der Waals surface area contributed by atoms with Crippen molar-refractivity contribution in [3.63, 3.8) is 0 Å². The van der Waals surface area contributed by atoms with Crippen molar-refractivity contribution >= 4 is 0 Å². The van der Waals surface area contributed by atoms with Gasteiger partial charge in [0.2, 0.25) is 0 Å². The molecule has 0 aliphatic carbocycles. The van der Waals surface area contributed by atoms with Gasteiger partial charge >= 0.3 is 0 Å². The molecular formula is C9H11N3. The summed E-state index contributed by atoms with van der Waals surface area (Å²) >= 11 is 0. The van der Waals surface area contributed by atoms with Crippen LogP contribution in [0.4, 0.5) is 0 Å². The highest BCUT2D eigenvalue weighted by atomic mass is 14.8. The van der Waals surface area contributed by atoms with E-state index in [0.29, 0.717) is 6.42 Å². The molecule has 0 spiro atoms. The molecule has 0 atom stereocenters. The van der Waals surface area contributed by atoms with Gasteiger partial charge in [-0.3, -0.25) is 9.97 Å². The van der Waals surface area contributed by atoms with Crippen LogP contribution in [-0.4, -0.2) is 9.97 Å². The van der Waals surface area contributed by atoms with Gasteiger partial charge in [-0.25, -0.2) is 0 Å². The van der Waals surface area contributed by atoms with Crippen LogP contribution in [0.5, 0.6) is 0 Å². The predicted octanol–water partition coefficient (Wildman–Crippen LogP) is 1.57. The lowest BCUT2D eigenvalue weighted by molar-refractivity contribution is 0.486. The van der Waals surface area contributed by atoms with Gasteiger partial charge in [0.25, 0.3) is 0 Å². The van der Waals surface area contributed by atoms with Gasteiger partial charge in [0.05, 0.1) is 17.2 Å². The lowest BCUT2D eigenvalue weighted by Crippen LogP contribution is -2.12. The molecule has 0 unspecified atom stereocenters. The van der Waals surface area contributed by atoms with E-state index in [9.17, 15) is 0 Å². The summed E-state index contributed by atoms with van der Waals surface area (Å²) in [5.74, 6) is 0. The van der Waals surface area contributed by atoms with Gasteiger partial charge < -0.3 is 0 Å². The smallest absolute Gasteiger partial charge is 0.0688 e. The first-order valence-corrected chi connectivity index (χ1v) is 3.80. The minimum absolute atomic E-state index is 0.351. The number of nitrogens with zero attached hydrogens (tertiary/aromatic N) is 3. The van der Waals surface area contributed by atoms with Crippen LogP contribution in [0.15, 0.2) is 18.6 Å². The van der Waals surface area contributed by atoms with Crippen LogP contribution in [0, 0.1) is 16.7 Å². The van der Waals surface area contributed by atoms with Crippen molar-refractivity contribution in [1.29, 1.82) is 5.26 Å². The van der Waals surface area contributed by atoms with E-state index in [0.717, 1.165) is 5.69 Å². The summed E-state index contributed by atoms with van der Waals surface area (Å²) in [6.07, 6.45) is 5.61. The Morgan fingerprint density at radius 2 is 2.25 bits per heavy atom. The molecule has 0 aromatic carbocycles. The SMILES string of the molecule is CC(C)(C#N)Cc1cnccn1. The number of aromatic nitrogens is 2. The average molecular weight is 161 g/mol. The number of rotatable bonds is 2. The Hall–Kier alpha value is -1.43. The molecule has 1 rings (SSSR count). The summed E-state index contributed by atoms with van der Waals surface area (Å²) in [6.45, 7) is 3.78. The van der Waals surface area contributed by atoms with E-state index < -0.39 is 0 Å². The first-order chi connectivity index (χ1) is 5.64. The zero-order valence-corrected chi connectivity index (χ0v) is 7.28. The maximum absolute atomic E-state index is 8.76. The van der Waals surface area contributed by atoms with Crippen LogP contribution in [0.3, 0.4) is 0 Å². The van der Waals surface area contributed by atoms with Crippen LogP contribution >= 0.6 is 0 Å². The summed E-state index contributed by atoms with van der Waals surface area (Å²) in [6, 6.07) is 2.22. The van der Waals surface area contributed by atoms with Crippen molar-refractivity contribution in [2.45, 2.75) is 20.3 Å². The molecule has 12 heavy (non-hydrogen) atoms. The largest absolute Gasteiger partial charge is 0.261 e. The highest BCUT2D eigenvalue weighted by Crippen LogP contribution is 2.18. The van der Waals surface area contributed by atoms with Crippen molar-refractivity contribution < 1.29 is 0 Å². The topological polar surface area (TPSA) is 49.6 Å². The summed E-state index contributed by atoms with van der Waals surface area (Å²) in [4.78, 5) is 8.03. The van der Waals surface area contributed by atoms with E-state index >= 15 is 0 Å². The molecule has 0 fully saturated rings. The van der Waals surface area contributed by atoms with Crippen molar-refractivity contribution in [2.24, 2.45) is 5.41 Å². The maximum Gasteiger partial charge on any atom is 0.0688 e. The molecule has 62 valence electrons. The normalized spacial score (nSPS) is 10.8. The Morgan fingerprint density at radius 3 is 2.75 bits per heavy atom. The molecule has 1 heterocycles. The number of nitriles is 1. The van der Waals surface area contributed by atoms with Crippen molar-refractivity contribution in [3.8, 4) is 6.07 Å². The van der Waals surface area contributed by atoms with E-state index in [4.69, 9.17) is 5.26 Å². The third-order valence-electron chi connectivity index (χ3n) is 1.54. The predicted molar refractivity (Wildman–Crippen MR) is 45.1 cm³/mol. The summed E-state index contributed by atoms with van der Waals surface area (Å²) < 4.78 is 0. The molecule has 0 aliphatic heterocycles. The molecule has 3 heteroatoms. The molecule has 0 saturated heterocycles. The molecule has 1 aromatic rings. The van der Waals surface area contributed by atoms with E-state index in [1.54, 1.807) is 18.6 Å². The second-order valence-corrected chi connectivity index (χ2v) is 3.37. The molecule has 0 bridgehead atoms. The molecular weight excluding hydrogens is 150 g/mol. The second-order valence-electron chi connectivity index (χ2n) is 3.37. The Labute approximate surface area is 72.1 Å². The molecule has 0 saturated carbocycles. The van der Waals surface area contributed by atoms with Gasteiger partial charge in [0, 0.05) is 25.0 Å². The lowest BCUT2D eigenvalue weighted by atomic mass is 9.90. The van der Waals surface area contributed by atoms with Gasteiger partial charge in [-0.2, -0.15) is 5.26 Å². The van der Waals surface area contributed by atoms with Gasteiger partial charge in [-0.15, -0.1) is 0 Å². The molecule has 1 aromatic heterocycles. The van der Waals surface area contributed by atoms with Crippen LogP contribution in [-0.2, 0) is 6.42 Å². The Balaban J connectivity index is 2.72. The van der Waals surface area contributed by atoms with Gasteiger partial charge in [0.1, 0.15) is 0 Å². The van der Waals surface area contributed by atoms with Gasteiger partial charge in [-0.1, -0.05) is 0 Å². The van der Waals surface area contributed by atoms with Crippen molar-refractivity contribution in [1.82, 2.24) is 9.97 Å². The fraction of sp³-hybridized carbons (Fsp3) is 0.444. The third kappa shape index (κ3) is 2.31. The summed E-state index contributed by atoms with van der Waals surface area (Å²) in [7, 11) is 0. The van der Waals surface area contributed by atoms with Crippen LogP contribution < -0.4 is 0 Å². The van der Waals surface area contributed by atoms with E-state index in [1.165, 1.54) is 0 Å². The highest BCUT2D eigenvalue weighted by Gasteiger charge is 2.17. The summed E-state index contributed by atoms with van der Waals surface area (Å²) in [5, 5.41) is 8.76. The minimum Gasteiger partial charge on any atom is -0.261 e. The van der Waals surface area contributed by atoms with E-state index in [-0.39, 0.29) is 5.41 Å². The standard InChI is InChI=1S/C9H11N3/c1-9(2,7-10)5-8-6-11-3-4-12-8/h3-4,6H,5H2,1-2H3. The van der Waals surface area contributed by atoms with E-state index in [1.807, 2.05) is 13.8 Å². The van der Waals surface area contributed by atoms with Gasteiger partial charge in [-0.05, 0) is 13.8 Å². The Kier molecular flexibility index (Phi) is 2.39. The fourth-order valence-electron chi connectivity index (χ4n) is 0.914. The van der Waals surface area contributed by atoms with Crippen molar-refractivity contribution in [2.75, 3.05) is 0 Å². The average Bonchev–Trinajstić information content (AvgIpc) is 2.06. The molecule has 0 aliphatic rings. The number of hydrogen-bond acceptors (Lipinski definition) is 3. The Morgan fingerprint density at radius 1 is 1.50 bits per heavy atom. The molecule has 0 radical (unpaired) electrons. The lowest BCUT2D eigenvalue weighted by Gasteiger charge is -2.12. The van der Waals surface area contributed by atoms with Crippen LogP contribution in [0.25, 0.3) is 0 Å². The highest BCUT2D eigenvalue weighted by molar-refractivity contribution is 5.04. The first kappa shape index (κ1) is 8.66. The second kappa shape index (κ2) is 3.31. The molecule has 0 N–H and O–H groups in total. The molecule has 3 nitrogen and oxygen atoms in total. The number of hydrogen-bond donors (Lipinski definition) is 0. The van der Waals surface area contributed by atoms with Crippen molar-refractivity contribution in [3.05, 3.63) is 24.3 Å². The molecule has 0 amide bonds. The van der Waals surface area contributed by atoms with Gasteiger partial charge in [0.15, 0.2) is 0 Å². The first-order valence-electron chi connectivity index (χ1n) is 3.80. The fourth-order valence-corrected chi connectivity index (χ4v) is 0.914. The monoisotopic (exact) mass is 161 g/mol. The quantitative estimate of drug-likeness (QED) is 0.661. The van der Waals surface area contributed by atoms with E-state index in [2.05, 4.69) is 16.0 Å². The van der Waals surface area contributed by atoms with Crippen LogP contribution in [0.1, 0.15) is 19.5 Å². The zero-order chi connectivity index (χ0) is 9.03. The minimum atomic E-state index is -0.351. The zero-order valence-electron chi connectivity index (χ0n) is 7.28. The third-order valence-corrected chi connectivity index (χ3v) is 1.54. The maximum atomic E-state index is 8.76. The Bertz CT molecular complexity index is 284.